The fourth-order valence-corrected chi connectivity index (χ4v) is 4.65. The summed E-state index contributed by atoms with van der Waals surface area (Å²) >= 11 is 0. The van der Waals surface area contributed by atoms with E-state index in [1.54, 1.807) is 0 Å². The number of allylic oxidation sites excluding steroid dienone is 2. The molecule has 2 aliphatic heterocycles. The number of nitrogens with zero attached hydrogens (tertiary/aromatic N) is 1. The summed E-state index contributed by atoms with van der Waals surface area (Å²) in [5.41, 5.74) is 3.47. The summed E-state index contributed by atoms with van der Waals surface area (Å²) in [6.45, 7) is 4.88. The summed E-state index contributed by atoms with van der Waals surface area (Å²) in [4.78, 5) is 2.74. The maximum absolute atomic E-state index is 3.64. The van der Waals surface area contributed by atoms with Crippen LogP contribution in [0.3, 0.4) is 0 Å². The van der Waals surface area contributed by atoms with Crippen molar-refractivity contribution in [1.29, 1.82) is 0 Å². The zero-order chi connectivity index (χ0) is 15.5. The summed E-state index contributed by atoms with van der Waals surface area (Å²) in [7, 11) is 0. The summed E-state index contributed by atoms with van der Waals surface area (Å²) in [5, 5.41) is 3.64. The number of benzene rings is 1. The third-order valence-electron chi connectivity index (χ3n) is 5.85. The molecule has 2 nitrogen and oxygen atoms in total. The van der Waals surface area contributed by atoms with E-state index in [-0.39, 0.29) is 0 Å². The van der Waals surface area contributed by atoms with Crippen LogP contribution in [-0.2, 0) is 0 Å². The van der Waals surface area contributed by atoms with Gasteiger partial charge in [-0.2, -0.15) is 0 Å². The van der Waals surface area contributed by atoms with Gasteiger partial charge in [0.05, 0.1) is 6.04 Å². The fourth-order valence-electron chi connectivity index (χ4n) is 4.65. The second kappa shape index (κ2) is 6.62. The molecule has 0 aromatic heterocycles. The van der Waals surface area contributed by atoms with Crippen LogP contribution < -0.4 is 5.32 Å². The first-order valence-electron chi connectivity index (χ1n) is 9.23. The quantitative estimate of drug-likeness (QED) is 0.905. The van der Waals surface area contributed by atoms with Crippen LogP contribution in [0.4, 0.5) is 0 Å². The van der Waals surface area contributed by atoms with Gasteiger partial charge in [0.1, 0.15) is 0 Å². The molecule has 1 aliphatic carbocycles. The van der Waals surface area contributed by atoms with Gasteiger partial charge in [0.2, 0.25) is 0 Å². The van der Waals surface area contributed by atoms with Gasteiger partial charge in [-0.3, -0.25) is 4.90 Å². The highest BCUT2D eigenvalue weighted by molar-refractivity contribution is 5.36. The minimum Gasteiger partial charge on any atom is -0.316 e. The Morgan fingerprint density at radius 1 is 1.09 bits per heavy atom. The third kappa shape index (κ3) is 3.15. The Kier molecular flexibility index (Phi) is 4.37. The highest BCUT2D eigenvalue weighted by Gasteiger charge is 2.41. The summed E-state index contributed by atoms with van der Waals surface area (Å²) < 4.78 is 0. The largest absolute Gasteiger partial charge is 0.316 e. The second-order valence-corrected chi connectivity index (χ2v) is 7.50. The Hall–Kier alpha value is -1.38. The molecule has 1 aromatic rings. The van der Waals surface area contributed by atoms with Crippen molar-refractivity contribution >= 4 is 0 Å². The summed E-state index contributed by atoms with van der Waals surface area (Å²) in [6, 6.07) is 11.5. The van der Waals surface area contributed by atoms with Gasteiger partial charge in [-0.15, -0.1) is 0 Å². The molecule has 4 rings (SSSR count). The fraction of sp³-hybridized carbons (Fsp3) is 0.524. The van der Waals surface area contributed by atoms with E-state index in [4.69, 9.17) is 0 Å². The molecule has 2 unspecified atom stereocenters. The van der Waals surface area contributed by atoms with Crippen molar-refractivity contribution in [3.8, 4) is 0 Å². The minimum atomic E-state index is 0.439. The van der Waals surface area contributed by atoms with Crippen molar-refractivity contribution in [2.24, 2.45) is 5.41 Å². The number of likely N-dealkylation sites (tertiary alicyclic amines) is 1. The lowest BCUT2D eigenvalue weighted by Crippen LogP contribution is -2.42. The van der Waals surface area contributed by atoms with Crippen molar-refractivity contribution in [2.75, 3.05) is 26.2 Å². The lowest BCUT2D eigenvalue weighted by molar-refractivity contribution is 0.186. The molecule has 0 amide bonds. The first kappa shape index (κ1) is 15.2. The van der Waals surface area contributed by atoms with Crippen LogP contribution in [0.25, 0.3) is 0 Å². The predicted molar refractivity (Wildman–Crippen MR) is 96.4 cm³/mol. The van der Waals surface area contributed by atoms with Crippen LogP contribution in [0.2, 0.25) is 0 Å². The van der Waals surface area contributed by atoms with Gasteiger partial charge in [-0.1, -0.05) is 48.6 Å². The maximum Gasteiger partial charge on any atom is 0.0598 e. The first-order chi connectivity index (χ1) is 11.4. The van der Waals surface area contributed by atoms with Gasteiger partial charge in [0.25, 0.3) is 0 Å². The van der Waals surface area contributed by atoms with Crippen molar-refractivity contribution in [1.82, 2.24) is 10.2 Å². The van der Waals surface area contributed by atoms with Crippen molar-refractivity contribution in [3.63, 3.8) is 0 Å². The zero-order valence-electron chi connectivity index (χ0n) is 14.0. The smallest absolute Gasteiger partial charge is 0.0598 e. The van der Waals surface area contributed by atoms with Gasteiger partial charge >= 0.3 is 0 Å². The van der Waals surface area contributed by atoms with E-state index in [0.717, 1.165) is 0 Å². The van der Waals surface area contributed by atoms with Crippen LogP contribution in [0.1, 0.15) is 43.7 Å². The van der Waals surface area contributed by atoms with Gasteiger partial charge in [-0.25, -0.2) is 0 Å². The molecule has 3 aliphatic rings. The van der Waals surface area contributed by atoms with Crippen LogP contribution in [0, 0.1) is 5.41 Å². The number of nitrogens with one attached hydrogen (secondary N) is 1. The average molecular weight is 308 g/mol. The first-order valence-corrected chi connectivity index (χ1v) is 9.23. The average Bonchev–Trinajstić information content (AvgIpc) is 3.01. The predicted octanol–water partition coefficient (Wildman–Crippen LogP) is 4.08. The molecule has 1 N–H and O–H groups in total. The Labute approximate surface area is 140 Å². The van der Waals surface area contributed by atoms with Crippen molar-refractivity contribution in [2.45, 2.75) is 38.1 Å². The highest BCUT2D eigenvalue weighted by Crippen LogP contribution is 2.42. The van der Waals surface area contributed by atoms with Gasteiger partial charge in [0, 0.05) is 13.1 Å². The molecule has 2 heteroatoms. The molecule has 1 aromatic carbocycles. The van der Waals surface area contributed by atoms with Crippen molar-refractivity contribution in [3.05, 3.63) is 59.7 Å². The molecule has 2 fully saturated rings. The van der Waals surface area contributed by atoms with Crippen LogP contribution in [0.5, 0.6) is 0 Å². The Morgan fingerprint density at radius 2 is 2.00 bits per heavy atom. The highest BCUT2D eigenvalue weighted by atomic mass is 15.2. The molecular weight excluding hydrogens is 280 g/mol. The normalized spacial score (nSPS) is 29.7. The number of rotatable bonds is 3. The van der Waals surface area contributed by atoms with Crippen LogP contribution >= 0.6 is 0 Å². The SMILES string of the molecule is C1=CC(C(c2ccccc2)N2CCC3(CCCNC3)C2)=CCC1. The van der Waals surface area contributed by atoms with Gasteiger partial charge in [-0.05, 0) is 61.7 Å². The van der Waals surface area contributed by atoms with E-state index in [9.17, 15) is 0 Å². The molecule has 122 valence electrons. The Morgan fingerprint density at radius 3 is 2.74 bits per heavy atom. The summed E-state index contributed by atoms with van der Waals surface area (Å²) in [5.74, 6) is 0. The maximum atomic E-state index is 3.64. The zero-order valence-corrected chi connectivity index (χ0v) is 14.0. The van der Waals surface area contributed by atoms with E-state index < -0.39 is 0 Å². The van der Waals surface area contributed by atoms with Crippen LogP contribution in [0.15, 0.2) is 54.1 Å². The van der Waals surface area contributed by atoms with E-state index in [1.807, 2.05) is 0 Å². The molecular formula is C21H28N2. The number of hydrogen-bond acceptors (Lipinski definition) is 2. The van der Waals surface area contributed by atoms with Gasteiger partial charge in [0.15, 0.2) is 0 Å². The minimum absolute atomic E-state index is 0.439. The topological polar surface area (TPSA) is 15.3 Å². The van der Waals surface area contributed by atoms with E-state index in [1.165, 1.54) is 69.4 Å². The molecule has 0 radical (unpaired) electrons. The molecule has 2 saturated heterocycles. The lowest BCUT2D eigenvalue weighted by atomic mass is 9.80. The standard InChI is InChI=1S/C21H28N2/c1-3-8-18(9-4-1)20(19-10-5-2-6-11-19)23-15-13-21(17-23)12-7-14-22-16-21/h1,3-5,8-11,20,22H,2,6-7,12-17H2. The van der Waals surface area contributed by atoms with Gasteiger partial charge < -0.3 is 5.32 Å². The number of hydrogen-bond donors (Lipinski definition) is 1. The number of piperidine rings is 1. The van der Waals surface area contributed by atoms with Crippen LogP contribution in [-0.4, -0.2) is 31.1 Å². The molecule has 0 bridgehead atoms. The Balaban J connectivity index is 1.61. The molecule has 0 saturated carbocycles. The van der Waals surface area contributed by atoms with E-state index in [0.29, 0.717) is 11.5 Å². The second-order valence-electron chi connectivity index (χ2n) is 7.50. The van der Waals surface area contributed by atoms with E-state index in [2.05, 4.69) is 58.8 Å². The monoisotopic (exact) mass is 308 g/mol. The molecule has 23 heavy (non-hydrogen) atoms. The lowest BCUT2D eigenvalue weighted by Gasteiger charge is -2.36. The molecule has 1 spiro atoms. The Bertz CT molecular complexity index is 581. The van der Waals surface area contributed by atoms with Crippen molar-refractivity contribution < 1.29 is 0 Å². The molecule has 2 atom stereocenters. The summed E-state index contributed by atoms with van der Waals surface area (Å²) in [6.07, 6.45) is 13.6. The molecule has 2 heterocycles. The van der Waals surface area contributed by atoms with E-state index >= 15 is 0 Å². The third-order valence-corrected chi connectivity index (χ3v) is 5.85.